The molecule has 0 fully saturated rings. The number of hydrogen-bond acceptors (Lipinski definition) is 2. The minimum absolute atomic E-state index is 0.160. The van der Waals surface area contributed by atoms with Crippen molar-refractivity contribution in [2.24, 2.45) is 0 Å². The summed E-state index contributed by atoms with van der Waals surface area (Å²) in [6.45, 7) is 0. The average Bonchev–Trinajstić information content (AvgIpc) is 2.93. The summed E-state index contributed by atoms with van der Waals surface area (Å²) in [7, 11) is 0. The van der Waals surface area contributed by atoms with Crippen molar-refractivity contribution in [3.8, 4) is 11.3 Å². The van der Waals surface area contributed by atoms with E-state index in [0.29, 0.717) is 5.69 Å². The monoisotopic (exact) mass is 242 g/mol. The first kappa shape index (κ1) is 10.9. The minimum atomic E-state index is -0.996. The number of aromatic carboxylic acids is 1. The molecule has 4 heteroatoms. The van der Waals surface area contributed by atoms with Crippen molar-refractivity contribution in [2.45, 2.75) is 19.3 Å². The van der Waals surface area contributed by atoms with E-state index in [1.54, 1.807) is 0 Å². The molecule has 0 atom stereocenters. The van der Waals surface area contributed by atoms with Crippen LogP contribution in [0.1, 0.15) is 27.9 Å². The Balaban J connectivity index is 2.13. The van der Waals surface area contributed by atoms with E-state index in [9.17, 15) is 9.90 Å². The van der Waals surface area contributed by atoms with Crippen molar-refractivity contribution in [3.05, 3.63) is 41.1 Å². The van der Waals surface area contributed by atoms with Crippen LogP contribution >= 0.6 is 0 Å². The predicted molar refractivity (Wildman–Crippen MR) is 69.6 cm³/mol. The summed E-state index contributed by atoms with van der Waals surface area (Å²) in [6, 6.07) is 6.11. The van der Waals surface area contributed by atoms with Crippen LogP contribution in [-0.4, -0.2) is 16.1 Å². The Morgan fingerprint density at radius 3 is 2.83 bits per heavy atom. The summed E-state index contributed by atoms with van der Waals surface area (Å²) in [5.74, 6) is -0.996. The minimum Gasteiger partial charge on any atom is -0.478 e. The first-order valence-electron chi connectivity index (χ1n) is 5.99. The number of aryl methyl sites for hydroxylation is 2. The summed E-state index contributed by atoms with van der Waals surface area (Å²) in [5, 5.41) is 9.19. The number of nitrogens with one attached hydrogen (secondary N) is 1. The molecule has 18 heavy (non-hydrogen) atoms. The number of nitrogens with two attached hydrogens (primary N) is 1. The molecule has 0 saturated carbocycles. The number of aromatic amines is 1. The molecule has 1 aliphatic rings. The van der Waals surface area contributed by atoms with Crippen LogP contribution in [0.4, 0.5) is 5.69 Å². The second-order valence-corrected chi connectivity index (χ2v) is 4.64. The topological polar surface area (TPSA) is 79.1 Å². The van der Waals surface area contributed by atoms with E-state index in [4.69, 9.17) is 5.73 Å². The lowest BCUT2D eigenvalue weighted by Gasteiger charge is -2.05. The molecule has 1 heterocycles. The van der Waals surface area contributed by atoms with Crippen molar-refractivity contribution < 1.29 is 9.90 Å². The van der Waals surface area contributed by atoms with Crippen molar-refractivity contribution in [1.82, 2.24) is 4.98 Å². The number of carboxylic acids is 1. The van der Waals surface area contributed by atoms with Crippen LogP contribution in [0, 0.1) is 0 Å². The number of hydrogen-bond donors (Lipinski definition) is 3. The highest BCUT2D eigenvalue weighted by Gasteiger charge is 2.19. The lowest BCUT2D eigenvalue weighted by molar-refractivity contribution is 0.0699. The van der Waals surface area contributed by atoms with Gasteiger partial charge >= 0.3 is 5.97 Å². The van der Waals surface area contributed by atoms with Crippen LogP contribution in [0.3, 0.4) is 0 Å². The molecule has 0 unspecified atom stereocenters. The maximum Gasteiger partial charge on any atom is 0.340 e. The van der Waals surface area contributed by atoms with E-state index in [1.165, 1.54) is 23.7 Å². The van der Waals surface area contributed by atoms with Gasteiger partial charge < -0.3 is 15.8 Å². The maximum atomic E-state index is 11.2. The first-order valence-corrected chi connectivity index (χ1v) is 5.99. The van der Waals surface area contributed by atoms with Gasteiger partial charge in [-0.15, -0.1) is 0 Å². The number of H-pyrrole nitrogens is 1. The smallest absolute Gasteiger partial charge is 0.340 e. The predicted octanol–water partition coefficient (Wildman–Crippen LogP) is 2.45. The molecule has 0 aliphatic heterocycles. The van der Waals surface area contributed by atoms with Crippen LogP contribution in [0.25, 0.3) is 11.3 Å². The Morgan fingerprint density at radius 1 is 1.28 bits per heavy atom. The Hall–Kier alpha value is -2.23. The van der Waals surface area contributed by atoms with Gasteiger partial charge in [-0.25, -0.2) is 4.79 Å². The molecule has 92 valence electrons. The van der Waals surface area contributed by atoms with E-state index in [0.717, 1.165) is 18.4 Å². The third-order valence-electron chi connectivity index (χ3n) is 3.51. The number of fused-ring (bicyclic) bond motifs is 1. The number of anilines is 1. The zero-order chi connectivity index (χ0) is 12.7. The van der Waals surface area contributed by atoms with Crippen LogP contribution in [0.2, 0.25) is 0 Å². The van der Waals surface area contributed by atoms with E-state index in [2.05, 4.69) is 17.1 Å². The van der Waals surface area contributed by atoms with Gasteiger partial charge in [0.05, 0.1) is 11.4 Å². The third kappa shape index (κ3) is 1.57. The molecule has 0 bridgehead atoms. The second kappa shape index (κ2) is 3.91. The van der Waals surface area contributed by atoms with Crippen LogP contribution in [-0.2, 0) is 12.8 Å². The Kier molecular flexibility index (Phi) is 2.37. The van der Waals surface area contributed by atoms with Crippen LogP contribution in [0.5, 0.6) is 0 Å². The van der Waals surface area contributed by atoms with Crippen molar-refractivity contribution in [1.29, 1.82) is 0 Å². The summed E-state index contributed by atoms with van der Waals surface area (Å²) in [5.41, 5.74) is 10.3. The molecule has 0 spiro atoms. The Labute approximate surface area is 104 Å². The van der Waals surface area contributed by atoms with Gasteiger partial charge in [0.15, 0.2) is 0 Å². The molecule has 1 aliphatic carbocycles. The quantitative estimate of drug-likeness (QED) is 0.756. The number of benzene rings is 1. The fourth-order valence-electron chi connectivity index (χ4n) is 2.62. The zero-order valence-corrected chi connectivity index (χ0v) is 9.86. The van der Waals surface area contributed by atoms with Gasteiger partial charge in [0.2, 0.25) is 0 Å². The van der Waals surface area contributed by atoms with Gasteiger partial charge in [-0.05, 0) is 42.0 Å². The highest BCUT2D eigenvalue weighted by molar-refractivity contribution is 6.00. The van der Waals surface area contributed by atoms with Crippen molar-refractivity contribution in [2.75, 3.05) is 5.73 Å². The lowest BCUT2D eigenvalue weighted by Crippen LogP contribution is -2.01. The van der Waals surface area contributed by atoms with E-state index >= 15 is 0 Å². The highest BCUT2D eigenvalue weighted by Crippen LogP contribution is 2.31. The number of rotatable bonds is 2. The van der Waals surface area contributed by atoms with Crippen LogP contribution in [0.15, 0.2) is 24.4 Å². The second-order valence-electron chi connectivity index (χ2n) is 4.64. The van der Waals surface area contributed by atoms with Gasteiger partial charge in [-0.1, -0.05) is 12.1 Å². The van der Waals surface area contributed by atoms with Gasteiger partial charge in [0, 0.05) is 6.20 Å². The van der Waals surface area contributed by atoms with E-state index in [-0.39, 0.29) is 11.3 Å². The molecular formula is C14H14N2O2. The Bertz CT molecular complexity index is 629. The number of carbonyl (C=O) groups is 1. The van der Waals surface area contributed by atoms with Crippen molar-refractivity contribution >= 4 is 11.7 Å². The molecule has 0 radical (unpaired) electrons. The fraction of sp³-hybridized carbons (Fsp3) is 0.214. The Morgan fingerprint density at radius 2 is 2.06 bits per heavy atom. The normalized spacial score (nSPS) is 13.6. The summed E-state index contributed by atoms with van der Waals surface area (Å²) >= 11 is 0. The van der Waals surface area contributed by atoms with Gasteiger partial charge in [-0.2, -0.15) is 0 Å². The van der Waals surface area contributed by atoms with Gasteiger partial charge in [0.25, 0.3) is 0 Å². The van der Waals surface area contributed by atoms with Crippen molar-refractivity contribution in [3.63, 3.8) is 0 Å². The van der Waals surface area contributed by atoms with Gasteiger partial charge in [0.1, 0.15) is 5.56 Å². The first-order chi connectivity index (χ1) is 8.66. The zero-order valence-electron chi connectivity index (χ0n) is 9.86. The summed E-state index contributed by atoms with van der Waals surface area (Å²) in [4.78, 5) is 14.2. The number of carboxylic acid groups (broad SMARTS) is 1. The third-order valence-corrected chi connectivity index (χ3v) is 3.51. The molecular weight excluding hydrogens is 228 g/mol. The fourth-order valence-corrected chi connectivity index (χ4v) is 2.62. The number of nitrogen functional groups attached to an aromatic ring is 1. The molecule has 0 amide bonds. The molecule has 0 saturated heterocycles. The van der Waals surface area contributed by atoms with Gasteiger partial charge in [-0.3, -0.25) is 0 Å². The SMILES string of the molecule is Nc1c[nH]c(-c2ccc3c(c2)CCC3)c1C(=O)O. The molecule has 4 N–H and O–H groups in total. The lowest BCUT2D eigenvalue weighted by atomic mass is 10.0. The van der Waals surface area contributed by atoms with E-state index in [1.807, 2.05) is 6.07 Å². The highest BCUT2D eigenvalue weighted by atomic mass is 16.4. The maximum absolute atomic E-state index is 11.2. The summed E-state index contributed by atoms with van der Waals surface area (Å²) in [6.07, 6.45) is 4.90. The summed E-state index contributed by atoms with van der Waals surface area (Å²) < 4.78 is 0. The molecule has 1 aromatic carbocycles. The molecule has 4 nitrogen and oxygen atoms in total. The largest absolute Gasteiger partial charge is 0.478 e. The number of aromatic nitrogens is 1. The molecule has 1 aromatic heterocycles. The molecule has 2 aromatic rings. The van der Waals surface area contributed by atoms with E-state index < -0.39 is 5.97 Å². The molecule has 3 rings (SSSR count). The average molecular weight is 242 g/mol. The van der Waals surface area contributed by atoms with Crippen LogP contribution < -0.4 is 5.73 Å². The standard InChI is InChI=1S/C14H14N2O2/c15-11-7-16-13(12(11)14(17)18)10-5-4-8-2-1-3-9(8)6-10/h4-7,16H,1-3,15H2,(H,17,18).